The smallest absolute Gasteiger partial charge is 0.230 e. The molecule has 1 N–H and O–H groups in total. The SMILES string of the molecule is COc1ccc(C)cc1CCNC(=O)C1(c2ccc(Br)cc2)CCC1. The predicted octanol–water partition coefficient (Wildman–Crippen LogP) is 4.55. The summed E-state index contributed by atoms with van der Waals surface area (Å²) in [7, 11) is 1.68. The zero-order valence-electron chi connectivity index (χ0n) is 14.8. The third-order valence-electron chi connectivity index (χ3n) is 5.15. The molecule has 0 spiro atoms. The van der Waals surface area contributed by atoms with Gasteiger partial charge in [0.05, 0.1) is 12.5 Å². The van der Waals surface area contributed by atoms with Gasteiger partial charge in [0, 0.05) is 11.0 Å². The van der Waals surface area contributed by atoms with Gasteiger partial charge in [-0.2, -0.15) is 0 Å². The van der Waals surface area contributed by atoms with Gasteiger partial charge in [0.2, 0.25) is 5.91 Å². The van der Waals surface area contributed by atoms with Crippen LogP contribution in [0.15, 0.2) is 46.9 Å². The molecule has 0 saturated heterocycles. The first-order chi connectivity index (χ1) is 12.0. The van der Waals surface area contributed by atoms with Gasteiger partial charge >= 0.3 is 0 Å². The summed E-state index contributed by atoms with van der Waals surface area (Å²) in [4.78, 5) is 12.9. The second-order valence-electron chi connectivity index (χ2n) is 6.76. The van der Waals surface area contributed by atoms with E-state index in [2.05, 4.69) is 46.4 Å². The van der Waals surface area contributed by atoms with Crippen molar-refractivity contribution in [2.24, 2.45) is 0 Å². The van der Waals surface area contributed by atoms with Gasteiger partial charge in [0.15, 0.2) is 0 Å². The molecule has 0 bridgehead atoms. The Labute approximate surface area is 157 Å². The van der Waals surface area contributed by atoms with Crippen molar-refractivity contribution in [3.8, 4) is 5.75 Å². The molecule has 3 rings (SSSR count). The molecule has 0 unspecified atom stereocenters. The Morgan fingerprint density at radius 2 is 1.92 bits per heavy atom. The van der Waals surface area contributed by atoms with E-state index in [-0.39, 0.29) is 11.3 Å². The summed E-state index contributed by atoms with van der Waals surface area (Å²) in [6.07, 6.45) is 3.73. The number of hydrogen-bond acceptors (Lipinski definition) is 2. The Morgan fingerprint density at radius 3 is 2.52 bits per heavy atom. The van der Waals surface area contributed by atoms with Crippen LogP contribution in [0.3, 0.4) is 0 Å². The highest BCUT2D eigenvalue weighted by Crippen LogP contribution is 2.44. The number of nitrogens with one attached hydrogen (secondary N) is 1. The van der Waals surface area contributed by atoms with Crippen LogP contribution in [-0.2, 0) is 16.6 Å². The molecular weight excluding hydrogens is 378 g/mol. The highest BCUT2D eigenvalue weighted by atomic mass is 79.9. The number of benzene rings is 2. The van der Waals surface area contributed by atoms with Crippen molar-refractivity contribution in [2.45, 2.75) is 38.0 Å². The first kappa shape index (κ1) is 18.0. The van der Waals surface area contributed by atoms with E-state index in [4.69, 9.17) is 4.74 Å². The van der Waals surface area contributed by atoms with Gasteiger partial charge < -0.3 is 10.1 Å². The Morgan fingerprint density at radius 1 is 1.20 bits per heavy atom. The molecule has 0 aromatic heterocycles. The topological polar surface area (TPSA) is 38.3 Å². The van der Waals surface area contributed by atoms with Crippen LogP contribution >= 0.6 is 15.9 Å². The molecule has 132 valence electrons. The maximum Gasteiger partial charge on any atom is 0.230 e. The lowest BCUT2D eigenvalue weighted by Crippen LogP contribution is -2.49. The van der Waals surface area contributed by atoms with E-state index in [1.54, 1.807) is 7.11 Å². The van der Waals surface area contributed by atoms with E-state index in [1.165, 1.54) is 5.56 Å². The van der Waals surface area contributed by atoms with E-state index >= 15 is 0 Å². The zero-order valence-corrected chi connectivity index (χ0v) is 16.4. The number of methoxy groups -OCH3 is 1. The van der Waals surface area contributed by atoms with E-state index in [0.29, 0.717) is 6.54 Å². The van der Waals surface area contributed by atoms with Gasteiger partial charge in [0.25, 0.3) is 0 Å². The van der Waals surface area contributed by atoms with E-state index in [9.17, 15) is 4.79 Å². The molecule has 0 heterocycles. The normalized spacial score (nSPS) is 15.3. The number of rotatable bonds is 6. The number of halogens is 1. The molecule has 1 aliphatic carbocycles. The Hall–Kier alpha value is -1.81. The van der Waals surface area contributed by atoms with Gasteiger partial charge in [-0.1, -0.05) is 52.2 Å². The van der Waals surface area contributed by atoms with Gasteiger partial charge in [0.1, 0.15) is 5.75 Å². The zero-order chi connectivity index (χ0) is 17.9. The maximum atomic E-state index is 12.9. The summed E-state index contributed by atoms with van der Waals surface area (Å²) in [5.74, 6) is 1.03. The lowest BCUT2D eigenvalue weighted by atomic mass is 9.64. The number of ether oxygens (including phenoxy) is 1. The van der Waals surface area contributed by atoms with Crippen LogP contribution in [0.4, 0.5) is 0 Å². The molecule has 1 amide bonds. The average Bonchev–Trinajstić information content (AvgIpc) is 2.56. The fourth-order valence-corrected chi connectivity index (χ4v) is 3.79. The Bertz CT molecular complexity index is 751. The van der Waals surface area contributed by atoms with Crippen molar-refractivity contribution >= 4 is 21.8 Å². The quantitative estimate of drug-likeness (QED) is 0.770. The summed E-state index contributed by atoms with van der Waals surface area (Å²) in [5, 5.41) is 3.15. The second-order valence-corrected chi connectivity index (χ2v) is 7.68. The molecule has 0 aliphatic heterocycles. The first-order valence-corrected chi connectivity index (χ1v) is 9.52. The Kier molecular flexibility index (Phi) is 5.48. The highest BCUT2D eigenvalue weighted by molar-refractivity contribution is 9.10. The number of carbonyl (C=O) groups excluding carboxylic acids is 1. The van der Waals surface area contributed by atoms with Crippen molar-refractivity contribution in [1.82, 2.24) is 5.32 Å². The van der Waals surface area contributed by atoms with Gasteiger partial charge in [-0.15, -0.1) is 0 Å². The molecular formula is C21H24BrNO2. The molecule has 2 aromatic carbocycles. The fraction of sp³-hybridized carbons (Fsp3) is 0.381. The minimum atomic E-state index is -0.350. The van der Waals surface area contributed by atoms with Gasteiger partial charge in [-0.3, -0.25) is 4.79 Å². The third kappa shape index (κ3) is 3.74. The number of amides is 1. The molecule has 3 nitrogen and oxygen atoms in total. The number of hydrogen-bond donors (Lipinski definition) is 1. The van der Waals surface area contributed by atoms with E-state index < -0.39 is 0 Å². The van der Waals surface area contributed by atoms with Crippen LogP contribution in [-0.4, -0.2) is 19.6 Å². The molecule has 1 aliphatic rings. The molecule has 4 heteroatoms. The summed E-state index contributed by atoms with van der Waals surface area (Å²) in [5.41, 5.74) is 3.10. The highest BCUT2D eigenvalue weighted by Gasteiger charge is 2.45. The molecule has 0 radical (unpaired) electrons. The van der Waals surface area contributed by atoms with Crippen LogP contribution in [0.25, 0.3) is 0 Å². The number of carbonyl (C=O) groups is 1. The maximum absolute atomic E-state index is 12.9. The van der Waals surface area contributed by atoms with Crippen LogP contribution in [0.2, 0.25) is 0 Å². The minimum absolute atomic E-state index is 0.146. The lowest BCUT2D eigenvalue weighted by Gasteiger charge is -2.40. The van der Waals surface area contributed by atoms with Crippen molar-refractivity contribution in [2.75, 3.05) is 13.7 Å². The van der Waals surface area contributed by atoms with Crippen molar-refractivity contribution < 1.29 is 9.53 Å². The predicted molar refractivity (Wildman–Crippen MR) is 104 cm³/mol. The van der Waals surface area contributed by atoms with Crippen molar-refractivity contribution in [1.29, 1.82) is 0 Å². The fourth-order valence-electron chi connectivity index (χ4n) is 3.53. The molecule has 0 atom stereocenters. The number of aryl methyl sites for hydroxylation is 1. The van der Waals surface area contributed by atoms with Crippen LogP contribution < -0.4 is 10.1 Å². The van der Waals surface area contributed by atoms with Crippen molar-refractivity contribution in [3.05, 3.63) is 63.6 Å². The molecule has 2 aromatic rings. The molecule has 25 heavy (non-hydrogen) atoms. The second kappa shape index (κ2) is 7.61. The van der Waals surface area contributed by atoms with Crippen LogP contribution in [0.1, 0.15) is 36.0 Å². The van der Waals surface area contributed by atoms with Gasteiger partial charge in [-0.25, -0.2) is 0 Å². The first-order valence-electron chi connectivity index (χ1n) is 8.73. The van der Waals surface area contributed by atoms with Crippen LogP contribution in [0, 0.1) is 6.92 Å². The third-order valence-corrected chi connectivity index (χ3v) is 5.68. The minimum Gasteiger partial charge on any atom is -0.496 e. The summed E-state index contributed by atoms with van der Waals surface area (Å²) < 4.78 is 6.46. The molecule has 1 saturated carbocycles. The Balaban J connectivity index is 1.66. The molecule has 1 fully saturated rings. The summed E-state index contributed by atoms with van der Waals surface area (Å²) in [6, 6.07) is 14.3. The average molecular weight is 402 g/mol. The largest absolute Gasteiger partial charge is 0.496 e. The lowest BCUT2D eigenvalue weighted by molar-refractivity contribution is -0.129. The summed E-state index contributed by atoms with van der Waals surface area (Å²) >= 11 is 3.46. The monoisotopic (exact) mass is 401 g/mol. The van der Waals surface area contributed by atoms with Gasteiger partial charge in [-0.05, 0) is 55.5 Å². The summed E-state index contributed by atoms with van der Waals surface area (Å²) in [6.45, 7) is 2.69. The van der Waals surface area contributed by atoms with E-state index in [1.807, 2.05) is 24.3 Å². The standard InChI is InChI=1S/C21H24BrNO2/c1-15-4-9-19(25-2)16(14-15)10-13-23-20(24)21(11-3-12-21)17-5-7-18(22)8-6-17/h4-9,14H,3,10-13H2,1-2H3,(H,23,24). The van der Waals surface area contributed by atoms with E-state index in [0.717, 1.165) is 47.0 Å². The van der Waals surface area contributed by atoms with Crippen LogP contribution in [0.5, 0.6) is 5.75 Å². The van der Waals surface area contributed by atoms with Crippen molar-refractivity contribution in [3.63, 3.8) is 0 Å².